The summed E-state index contributed by atoms with van der Waals surface area (Å²) in [5.41, 5.74) is 2.04. The standard InChI is InChI=1S/C16H24N4OS/c1-9(2)16(7,8-17)20-14(21)13(6)22-15-18-11(4)10(3)12(5)19-15/h9,13H,1-7H3,(H,20,21)/t13-,16+/m1/s1. The van der Waals surface area contributed by atoms with E-state index < -0.39 is 5.54 Å². The van der Waals surface area contributed by atoms with Crippen molar-refractivity contribution in [3.05, 3.63) is 17.0 Å². The molecule has 0 aliphatic heterocycles. The van der Waals surface area contributed by atoms with Crippen LogP contribution < -0.4 is 5.32 Å². The number of hydrogen-bond donors (Lipinski definition) is 1. The van der Waals surface area contributed by atoms with Gasteiger partial charge in [0.1, 0.15) is 5.54 Å². The summed E-state index contributed by atoms with van der Waals surface area (Å²) in [5.74, 6) is -0.152. The molecule has 5 nitrogen and oxygen atoms in total. The summed E-state index contributed by atoms with van der Waals surface area (Å²) in [6, 6.07) is 2.18. The first-order valence-corrected chi connectivity index (χ1v) is 8.20. The minimum absolute atomic E-state index is 0.0266. The van der Waals surface area contributed by atoms with Crippen molar-refractivity contribution in [3.8, 4) is 6.07 Å². The maximum atomic E-state index is 12.3. The van der Waals surface area contributed by atoms with E-state index in [1.807, 2.05) is 34.6 Å². The van der Waals surface area contributed by atoms with Gasteiger partial charge >= 0.3 is 0 Å². The van der Waals surface area contributed by atoms with Crippen LogP contribution >= 0.6 is 11.8 Å². The smallest absolute Gasteiger partial charge is 0.234 e. The summed E-state index contributed by atoms with van der Waals surface area (Å²) in [5, 5.41) is 12.3. The molecule has 0 aliphatic rings. The Hall–Kier alpha value is -1.61. The Morgan fingerprint density at radius 3 is 2.14 bits per heavy atom. The Balaban J connectivity index is 2.83. The summed E-state index contributed by atoms with van der Waals surface area (Å²) in [6.45, 7) is 13.2. The first-order chi connectivity index (χ1) is 10.1. The molecule has 1 heterocycles. The topological polar surface area (TPSA) is 78.7 Å². The zero-order valence-corrected chi connectivity index (χ0v) is 15.1. The number of hydrogen-bond acceptors (Lipinski definition) is 5. The second-order valence-electron chi connectivity index (χ2n) is 6.02. The van der Waals surface area contributed by atoms with Crippen LogP contribution in [0, 0.1) is 38.0 Å². The molecule has 0 spiro atoms. The van der Waals surface area contributed by atoms with Crippen LogP contribution in [-0.4, -0.2) is 26.7 Å². The van der Waals surface area contributed by atoms with Gasteiger partial charge in [-0.1, -0.05) is 25.6 Å². The average molecular weight is 320 g/mol. The van der Waals surface area contributed by atoms with Crippen LogP contribution in [0.3, 0.4) is 0 Å². The molecule has 22 heavy (non-hydrogen) atoms. The van der Waals surface area contributed by atoms with Crippen LogP contribution in [-0.2, 0) is 4.79 Å². The molecule has 0 unspecified atom stereocenters. The maximum absolute atomic E-state index is 12.3. The number of nitrogens with zero attached hydrogens (tertiary/aromatic N) is 3. The van der Waals surface area contributed by atoms with Crippen molar-refractivity contribution in [2.75, 3.05) is 0 Å². The van der Waals surface area contributed by atoms with Crippen LogP contribution in [0.15, 0.2) is 5.16 Å². The second-order valence-corrected chi connectivity index (χ2v) is 7.33. The van der Waals surface area contributed by atoms with E-state index in [0.29, 0.717) is 5.16 Å². The minimum Gasteiger partial charge on any atom is -0.337 e. The van der Waals surface area contributed by atoms with Gasteiger partial charge in [0.2, 0.25) is 5.91 Å². The van der Waals surface area contributed by atoms with Crippen molar-refractivity contribution in [3.63, 3.8) is 0 Å². The molecule has 1 aromatic rings. The summed E-state index contributed by atoms with van der Waals surface area (Å²) < 4.78 is 0. The zero-order valence-electron chi connectivity index (χ0n) is 14.3. The molecule has 1 rings (SSSR count). The molecular weight excluding hydrogens is 296 g/mol. The Kier molecular flexibility index (Phi) is 5.95. The molecule has 1 aromatic heterocycles. The highest BCUT2D eigenvalue weighted by atomic mass is 32.2. The first kappa shape index (κ1) is 18.4. The van der Waals surface area contributed by atoms with E-state index in [9.17, 15) is 10.1 Å². The number of carbonyl (C=O) groups is 1. The predicted molar refractivity (Wildman–Crippen MR) is 88.6 cm³/mol. The van der Waals surface area contributed by atoms with E-state index in [1.165, 1.54) is 11.8 Å². The largest absolute Gasteiger partial charge is 0.337 e. The molecular formula is C16H24N4OS. The number of nitriles is 1. The third-order valence-corrected chi connectivity index (χ3v) is 4.99. The van der Waals surface area contributed by atoms with E-state index >= 15 is 0 Å². The van der Waals surface area contributed by atoms with Crippen LogP contribution in [0.2, 0.25) is 0 Å². The second kappa shape index (κ2) is 7.10. The van der Waals surface area contributed by atoms with Crippen molar-refractivity contribution >= 4 is 17.7 Å². The van der Waals surface area contributed by atoms with Gasteiger partial charge in [0.05, 0.1) is 11.3 Å². The molecule has 0 bridgehead atoms. The highest BCUT2D eigenvalue weighted by Gasteiger charge is 2.32. The van der Waals surface area contributed by atoms with Crippen molar-refractivity contribution < 1.29 is 4.79 Å². The van der Waals surface area contributed by atoms with Gasteiger partial charge < -0.3 is 5.32 Å². The van der Waals surface area contributed by atoms with Crippen molar-refractivity contribution in [1.29, 1.82) is 5.26 Å². The van der Waals surface area contributed by atoms with Crippen LogP contribution in [0.1, 0.15) is 44.6 Å². The Morgan fingerprint density at radius 2 is 1.73 bits per heavy atom. The summed E-state index contributed by atoms with van der Waals surface area (Å²) >= 11 is 1.31. The fourth-order valence-corrected chi connectivity index (χ4v) is 2.53. The lowest BCUT2D eigenvalue weighted by atomic mass is 9.90. The highest BCUT2D eigenvalue weighted by Crippen LogP contribution is 2.23. The fourth-order valence-electron chi connectivity index (χ4n) is 1.66. The van der Waals surface area contributed by atoms with E-state index in [0.717, 1.165) is 17.0 Å². The summed E-state index contributed by atoms with van der Waals surface area (Å²) in [4.78, 5) is 21.2. The van der Waals surface area contributed by atoms with Gasteiger partial charge in [-0.25, -0.2) is 9.97 Å². The van der Waals surface area contributed by atoms with Gasteiger partial charge in [0.15, 0.2) is 5.16 Å². The molecule has 0 saturated carbocycles. The van der Waals surface area contributed by atoms with Gasteiger partial charge in [-0.3, -0.25) is 4.79 Å². The molecule has 6 heteroatoms. The van der Waals surface area contributed by atoms with Gasteiger partial charge in [-0.05, 0) is 46.1 Å². The SMILES string of the molecule is Cc1nc(S[C@H](C)C(=O)N[C@@](C)(C#N)C(C)C)nc(C)c1C. The number of aryl methyl sites for hydroxylation is 2. The van der Waals surface area contributed by atoms with Crippen molar-refractivity contribution in [2.45, 2.75) is 64.4 Å². The quantitative estimate of drug-likeness (QED) is 0.666. The van der Waals surface area contributed by atoms with Crippen LogP contribution in [0.4, 0.5) is 0 Å². The number of aromatic nitrogens is 2. The summed E-state index contributed by atoms with van der Waals surface area (Å²) in [6.07, 6.45) is 0. The lowest BCUT2D eigenvalue weighted by molar-refractivity contribution is -0.121. The molecule has 2 atom stereocenters. The molecule has 1 amide bonds. The lowest BCUT2D eigenvalue weighted by Gasteiger charge is -2.28. The van der Waals surface area contributed by atoms with Gasteiger partial charge in [0.25, 0.3) is 0 Å². The molecule has 0 aromatic carbocycles. The lowest BCUT2D eigenvalue weighted by Crippen LogP contribution is -2.51. The normalized spacial score (nSPS) is 15.0. The van der Waals surface area contributed by atoms with E-state index in [4.69, 9.17) is 0 Å². The molecule has 1 N–H and O–H groups in total. The highest BCUT2D eigenvalue weighted by molar-refractivity contribution is 8.00. The number of amides is 1. The molecule has 0 aliphatic carbocycles. The number of carbonyl (C=O) groups excluding carboxylic acids is 1. The third kappa shape index (κ3) is 4.20. The van der Waals surface area contributed by atoms with Crippen LogP contribution in [0.5, 0.6) is 0 Å². The minimum atomic E-state index is -0.869. The Bertz CT molecular complexity index is 586. The van der Waals surface area contributed by atoms with Crippen molar-refractivity contribution in [1.82, 2.24) is 15.3 Å². The van der Waals surface area contributed by atoms with Crippen molar-refractivity contribution in [2.24, 2.45) is 5.92 Å². The third-order valence-electron chi connectivity index (χ3n) is 4.03. The number of thioether (sulfide) groups is 1. The van der Waals surface area contributed by atoms with Gasteiger partial charge in [-0.2, -0.15) is 5.26 Å². The van der Waals surface area contributed by atoms with Gasteiger partial charge in [-0.15, -0.1) is 0 Å². The molecule has 120 valence electrons. The first-order valence-electron chi connectivity index (χ1n) is 7.32. The number of nitrogens with one attached hydrogen (secondary N) is 1. The maximum Gasteiger partial charge on any atom is 0.234 e. The van der Waals surface area contributed by atoms with E-state index in [2.05, 4.69) is 21.4 Å². The molecule has 0 radical (unpaired) electrons. The predicted octanol–water partition coefficient (Wildman–Crippen LogP) is 2.94. The average Bonchev–Trinajstić information content (AvgIpc) is 2.44. The summed E-state index contributed by atoms with van der Waals surface area (Å²) in [7, 11) is 0. The van der Waals surface area contributed by atoms with E-state index in [-0.39, 0.29) is 17.1 Å². The fraction of sp³-hybridized carbons (Fsp3) is 0.625. The monoisotopic (exact) mass is 320 g/mol. The molecule has 0 saturated heterocycles. The zero-order chi connectivity index (χ0) is 17.1. The Labute approximate surface area is 136 Å². The number of rotatable bonds is 5. The molecule has 0 fully saturated rings. The van der Waals surface area contributed by atoms with E-state index in [1.54, 1.807) is 13.8 Å². The van der Waals surface area contributed by atoms with Gasteiger partial charge in [0, 0.05) is 11.4 Å². The Morgan fingerprint density at radius 1 is 1.23 bits per heavy atom. The van der Waals surface area contributed by atoms with Crippen LogP contribution in [0.25, 0.3) is 0 Å².